The van der Waals surface area contributed by atoms with Crippen molar-refractivity contribution in [1.82, 2.24) is 19.0 Å². The number of ether oxygens (including phenoxy) is 1. The Balaban J connectivity index is 1.13. The van der Waals surface area contributed by atoms with E-state index in [1.165, 1.54) is 61.4 Å². The highest BCUT2D eigenvalue weighted by Crippen LogP contribution is 2.66. The minimum Gasteiger partial charge on any atom is -0.494 e. The van der Waals surface area contributed by atoms with Crippen LogP contribution < -0.4 is 4.74 Å². The topological polar surface area (TPSA) is 52.3 Å². The van der Waals surface area contributed by atoms with Crippen LogP contribution in [0, 0.1) is 23.2 Å². The van der Waals surface area contributed by atoms with Crippen LogP contribution in [0.25, 0.3) is 39.5 Å². The zero-order valence-electron chi connectivity index (χ0n) is 23.4. The molecule has 1 saturated heterocycles. The van der Waals surface area contributed by atoms with E-state index in [1.807, 2.05) is 12.1 Å². The molecule has 1 unspecified atom stereocenters. The first-order valence-corrected chi connectivity index (χ1v) is 15.2. The first-order chi connectivity index (χ1) is 19.5. The molecule has 4 aromatic rings. The Hall–Kier alpha value is -3.54. The second-order valence-corrected chi connectivity index (χ2v) is 13.5. The van der Waals surface area contributed by atoms with Crippen LogP contribution in [0.15, 0.2) is 42.5 Å². The van der Waals surface area contributed by atoms with Crippen molar-refractivity contribution in [2.45, 2.75) is 57.5 Å². The fraction of sp³-hybridized carbons (Fsp3) is 0.471. The molecule has 1 amide bonds. The monoisotopic (exact) mass is 532 g/mol. The molecular formula is C34H36N4O2. The number of amides is 1. The van der Waals surface area contributed by atoms with E-state index in [2.05, 4.69) is 57.5 Å². The van der Waals surface area contributed by atoms with Gasteiger partial charge in [-0.05, 0) is 98.6 Å². The van der Waals surface area contributed by atoms with Crippen LogP contribution in [0.4, 0.5) is 0 Å². The van der Waals surface area contributed by atoms with E-state index in [0.717, 1.165) is 53.4 Å². The molecule has 0 radical (unpaired) electrons. The summed E-state index contributed by atoms with van der Waals surface area (Å²) in [6.45, 7) is 1.93. The molecular weight excluding hydrogens is 496 g/mol. The average molecular weight is 533 g/mol. The van der Waals surface area contributed by atoms with Gasteiger partial charge < -0.3 is 18.8 Å². The Kier molecular flexibility index (Phi) is 4.65. The zero-order valence-corrected chi connectivity index (χ0v) is 23.4. The lowest BCUT2D eigenvalue weighted by Crippen LogP contribution is -2.64. The number of hydrogen-bond acceptors (Lipinski definition) is 3. The smallest absolute Gasteiger partial charge is 0.254 e. The number of likely N-dealkylation sites (tertiary alicyclic amines) is 1. The number of imidazole rings is 1. The number of aromatic nitrogens is 3. The van der Waals surface area contributed by atoms with E-state index in [1.54, 1.807) is 7.11 Å². The Morgan fingerprint density at radius 2 is 1.98 bits per heavy atom. The molecule has 6 heteroatoms. The number of nitrogens with zero attached hydrogens (tertiary/aromatic N) is 4. The third-order valence-electron chi connectivity index (χ3n) is 10.7. The van der Waals surface area contributed by atoms with Gasteiger partial charge in [-0.2, -0.15) is 0 Å². The molecule has 5 saturated carbocycles. The summed E-state index contributed by atoms with van der Waals surface area (Å²) < 4.78 is 10.5. The van der Waals surface area contributed by atoms with Crippen LogP contribution in [0.5, 0.6) is 5.75 Å². The maximum absolute atomic E-state index is 13.7. The van der Waals surface area contributed by atoms with Gasteiger partial charge in [-0.15, -0.1) is 0 Å². The zero-order chi connectivity index (χ0) is 26.7. The van der Waals surface area contributed by atoms with Crippen LogP contribution in [-0.2, 0) is 13.6 Å². The van der Waals surface area contributed by atoms with E-state index < -0.39 is 0 Å². The maximum atomic E-state index is 13.7. The molecule has 6 aliphatic rings. The summed E-state index contributed by atoms with van der Waals surface area (Å²) in [5.41, 5.74) is 6.55. The predicted molar refractivity (Wildman–Crippen MR) is 157 cm³/mol. The molecule has 10 rings (SSSR count). The lowest BCUT2D eigenvalue weighted by molar-refractivity contribution is -0.0552. The van der Waals surface area contributed by atoms with Gasteiger partial charge in [0.2, 0.25) is 0 Å². The van der Waals surface area contributed by atoms with Gasteiger partial charge in [-0.25, -0.2) is 4.98 Å². The minimum absolute atomic E-state index is 0.130. The average Bonchev–Trinajstić information content (AvgIpc) is 3.83. The molecule has 1 aliphatic heterocycles. The SMILES string of the molecule is COc1cc(C(=O)N2CC34CC(CC23)C4)cc2nc(-c3cc4cc(/C=C/C5CC5)ccc4n3CC3CC3)n(C)c12. The van der Waals surface area contributed by atoms with Gasteiger partial charge in [0, 0.05) is 48.1 Å². The normalized spacial score (nSPS) is 26.9. The molecule has 0 N–H and O–H groups in total. The summed E-state index contributed by atoms with van der Waals surface area (Å²) in [7, 11) is 3.77. The van der Waals surface area contributed by atoms with E-state index in [0.29, 0.717) is 22.8 Å². The van der Waals surface area contributed by atoms with Gasteiger partial charge in [-0.1, -0.05) is 18.2 Å². The van der Waals surface area contributed by atoms with Gasteiger partial charge >= 0.3 is 0 Å². The number of carbonyl (C=O) groups is 1. The van der Waals surface area contributed by atoms with E-state index in [4.69, 9.17) is 9.72 Å². The summed E-state index contributed by atoms with van der Waals surface area (Å²) in [6.07, 6.45) is 13.7. The highest BCUT2D eigenvalue weighted by Gasteiger charge is 2.67. The molecule has 204 valence electrons. The third-order valence-corrected chi connectivity index (χ3v) is 10.7. The number of carbonyl (C=O) groups excluding carboxylic acids is 1. The maximum Gasteiger partial charge on any atom is 0.254 e. The van der Waals surface area contributed by atoms with Crippen LogP contribution >= 0.6 is 0 Å². The van der Waals surface area contributed by atoms with Crippen molar-refractivity contribution in [3.63, 3.8) is 0 Å². The minimum atomic E-state index is 0.130. The summed E-state index contributed by atoms with van der Waals surface area (Å²) in [4.78, 5) is 20.9. The van der Waals surface area contributed by atoms with Crippen LogP contribution in [0.2, 0.25) is 0 Å². The van der Waals surface area contributed by atoms with Gasteiger partial charge in [0.05, 0.1) is 18.3 Å². The molecule has 6 nitrogen and oxygen atoms in total. The number of rotatable bonds is 7. The molecule has 5 aliphatic carbocycles. The van der Waals surface area contributed by atoms with Crippen LogP contribution in [0.1, 0.15) is 60.9 Å². The second-order valence-electron chi connectivity index (χ2n) is 13.5. The molecule has 2 bridgehead atoms. The number of methoxy groups -OCH3 is 1. The van der Waals surface area contributed by atoms with Crippen molar-refractivity contribution >= 4 is 33.9 Å². The summed E-state index contributed by atoms with van der Waals surface area (Å²) in [5.74, 6) is 4.10. The Labute approximate surface area is 234 Å². The van der Waals surface area contributed by atoms with Crippen LogP contribution in [-0.4, -0.2) is 44.6 Å². The number of allylic oxidation sites excluding steroid dienone is 1. The second kappa shape index (κ2) is 8.02. The molecule has 2 aromatic heterocycles. The highest BCUT2D eigenvalue weighted by molar-refractivity contribution is 6.01. The van der Waals surface area contributed by atoms with Crippen molar-refractivity contribution in [2.24, 2.45) is 30.2 Å². The Morgan fingerprint density at radius 1 is 1.12 bits per heavy atom. The highest BCUT2D eigenvalue weighted by atomic mass is 16.5. The fourth-order valence-electron chi connectivity index (χ4n) is 8.19. The van der Waals surface area contributed by atoms with E-state index >= 15 is 0 Å². The lowest BCUT2D eigenvalue weighted by Gasteiger charge is -2.56. The molecule has 40 heavy (non-hydrogen) atoms. The van der Waals surface area contributed by atoms with Crippen molar-refractivity contribution in [3.8, 4) is 17.3 Å². The Morgan fingerprint density at radius 3 is 2.73 bits per heavy atom. The van der Waals surface area contributed by atoms with Crippen molar-refractivity contribution in [1.29, 1.82) is 0 Å². The van der Waals surface area contributed by atoms with Gasteiger partial charge in [0.1, 0.15) is 11.3 Å². The van der Waals surface area contributed by atoms with Crippen LogP contribution in [0.3, 0.4) is 0 Å². The van der Waals surface area contributed by atoms with Crippen molar-refractivity contribution in [2.75, 3.05) is 13.7 Å². The van der Waals surface area contributed by atoms with E-state index in [9.17, 15) is 4.79 Å². The molecule has 1 atom stereocenters. The summed E-state index contributed by atoms with van der Waals surface area (Å²) in [5, 5.41) is 1.25. The first kappa shape index (κ1) is 23.2. The van der Waals surface area contributed by atoms with Gasteiger partial charge in [-0.3, -0.25) is 4.79 Å². The molecule has 3 heterocycles. The number of hydrogen-bond donors (Lipinski definition) is 0. The quantitative estimate of drug-likeness (QED) is 0.267. The fourth-order valence-corrected chi connectivity index (χ4v) is 8.19. The number of benzene rings is 2. The first-order valence-electron chi connectivity index (χ1n) is 15.2. The molecule has 2 aromatic carbocycles. The summed E-state index contributed by atoms with van der Waals surface area (Å²) in [6, 6.07) is 13.5. The largest absolute Gasteiger partial charge is 0.494 e. The predicted octanol–water partition coefficient (Wildman–Crippen LogP) is 6.66. The molecule has 1 spiro atoms. The van der Waals surface area contributed by atoms with Gasteiger partial charge in [0.25, 0.3) is 5.91 Å². The van der Waals surface area contributed by atoms with Gasteiger partial charge in [0.15, 0.2) is 5.82 Å². The van der Waals surface area contributed by atoms with Crippen molar-refractivity contribution < 1.29 is 9.53 Å². The molecule has 6 fully saturated rings. The van der Waals surface area contributed by atoms with Crippen molar-refractivity contribution in [3.05, 3.63) is 53.6 Å². The number of aryl methyl sites for hydroxylation is 1. The summed E-state index contributed by atoms with van der Waals surface area (Å²) >= 11 is 0. The standard InChI is InChI=1S/C34H36N4O2/c1-36-31-26(13-25(15-29(31)40-2)33(39)38-19-34-16-23(17-34)12-30(34)38)35-32(36)28-14-24-11-21(6-5-20-3-4-20)9-10-27(24)37(28)18-22-7-8-22/h5-6,9-11,13-15,20,22-23,30H,3-4,7-8,12,16-19H2,1-2H3/b6-5+. The third kappa shape index (κ3) is 3.34. The van der Waals surface area contributed by atoms with E-state index in [-0.39, 0.29) is 5.91 Å². The lowest BCUT2D eigenvalue weighted by atomic mass is 9.63. The Bertz CT molecular complexity index is 1740. The number of fused-ring (bicyclic) bond motifs is 2.